The summed E-state index contributed by atoms with van der Waals surface area (Å²) in [7, 11) is 3.34. The Labute approximate surface area is 281 Å². The number of aromatic nitrogens is 1. The number of unbranched alkanes of at least 4 members (excludes halogenated alkanes) is 1. The van der Waals surface area contributed by atoms with Gasteiger partial charge < -0.3 is 18.8 Å². The van der Waals surface area contributed by atoms with Crippen molar-refractivity contribution < 1.29 is 14.2 Å². The molecule has 0 aliphatic rings. The summed E-state index contributed by atoms with van der Waals surface area (Å²) in [5.74, 6) is 3.05. The Morgan fingerprint density at radius 2 is 1.11 bits per heavy atom. The van der Waals surface area contributed by atoms with Gasteiger partial charge in [-0.2, -0.15) is 0 Å². The Bertz CT molecular complexity index is 1830. The van der Waals surface area contributed by atoms with Crippen LogP contribution in [0.25, 0.3) is 49.7 Å². The van der Waals surface area contributed by atoms with Gasteiger partial charge in [0.05, 0.1) is 41.9 Å². The van der Waals surface area contributed by atoms with Gasteiger partial charge in [-0.1, -0.05) is 80.6 Å². The average Bonchev–Trinajstić information content (AvgIpc) is 3.39. The first-order chi connectivity index (χ1) is 22.4. The maximum atomic E-state index is 7.03. The first-order valence-corrected chi connectivity index (χ1v) is 16.7. The number of nitrogens with zero attached hydrogens (tertiary/aromatic N) is 1. The summed E-state index contributed by atoms with van der Waals surface area (Å²) >= 11 is 14.1. The Kier molecular flexibility index (Phi) is 9.77. The van der Waals surface area contributed by atoms with Crippen molar-refractivity contribution in [3.05, 3.63) is 107 Å². The lowest BCUT2D eigenvalue weighted by Gasteiger charge is -2.16. The molecule has 1 unspecified atom stereocenters. The molecule has 0 amide bonds. The van der Waals surface area contributed by atoms with E-state index in [4.69, 9.17) is 37.4 Å². The van der Waals surface area contributed by atoms with Crippen molar-refractivity contribution in [2.75, 3.05) is 20.8 Å². The van der Waals surface area contributed by atoms with Gasteiger partial charge in [-0.3, -0.25) is 0 Å². The highest BCUT2D eigenvalue weighted by Gasteiger charge is 2.19. The normalized spacial score (nSPS) is 12.0. The van der Waals surface area contributed by atoms with Gasteiger partial charge in [0, 0.05) is 27.6 Å². The van der Waals surface area contributed by atoms with Crippen molar-refractivity contribution in [1.29, 1.82) is 0 Å². The first-order valence-electron chi connectivity index (χ1n) is 15.9. The number of hydrogen-bond acceptors (Lipinski definition) is 3. The van der Waals surface area contributed by atoms with E-state index in [9.17, 15) is 0 Å². The van der Waals surface area contributed by atoms with Crippen LogP contribution < -0.4 is 14.2 Å². The van der Waals surface area contributed by atoms with E-state index in [1.807, 2.05) is 48.5 Å². The molecule has 0 aliphatic heterocycles. The van der Waals surface area contributed by atoms with Crippen LogP contribution in [0.2, 0.25) is 10.0 Å². The minimum atomic E-state index is 0.570. The number of methoxy groups -OCH3 is 2. The van der Waals surface area contributed by atoms with Gasteiger partial charge in [-0.25, -0.2) is 0 Å². The molecule has 1 aromatic heterocycles. The number of rotatable bonds is 12. The number of fused-ring (bicyclic) bond motifs is 3. The van der Waals surface area contributed by atoms with Crippen LogP contribution in [-0.2, 0) is 0 Å². The summed E-state index contributed by atoms with van der Waals surface area (Å²) in [4.78, 5) is 0. The maximum Gasteiger partial charge on any atom is 0.119 e. The van der Waals surface area contributed by atoms with E-state index in [-0.39, 0.29) is 0 Å². The third kappa shape index (κ3) is 6.42. The first kappa shape index (κ1) is 31.8. The van der Waals surface area contributed by atoms with Crippen molar-refractivity contribution in [1.82, 2.24) is 4.57 Å². The molecule has 0 saturated carbocycles. The van der Waals surface area contributed by atoms with E-state index in [0.717, 1.165) is 80.0 Å². The fraction of sp³-hybridized carbons (Fsp3) is 0.250. The van der Waals surface area contributed by atoms with Gasteiger partial charge in [-0.15, -0.1) is 0 Å². The predicted octanol–water partition coefficient (Wildman–Crippen LogP) is 12.0. The summed E-state index contributed by atoms with van der Waals surface area (Å²) in [6.45, 7) is 5.21. The quantitative estimate of drug-likeness (QED) is 0.132. The molecule has 5 aromatic carbocycles. The zero-order valence-electron chi connectivity index (χ0n) is 26.8. The molecule has 0 aliphatic carbocycles. The Morgan fingerprint density at radius 1 is 0.630 bits per heavy atom. The van der Waals surface area contributed by atoms with Crippen molar-refractivity contribution in [3.63, 3.8) is 0 Å². The van der Waals surface area contributed by atoms with Gasteiger partial charge in [0.15, 0.2) is 0 Å². The molecule has 6 rings (SSSR count). The van der Waals surface area contributed by atoms with Crippen LogP contribution >= 0.6 is 23.2 Å². The fourth-order valence-corrected chi connectivity index (χ4v) is 6.66. The van der Waals surface area contributed by atoms with Crippen molar-refractivity contribution in [2.45, 2.75) is 39.5 Å². The van der Waals surface area contributed by atoms with E-state index in [1.54, 1.807) is 14.2 Å². The Morgan fingerprint density at radius 3 is 1.54 bits per heavy atom. The van der Waals surface area contributed by atoms with E-state index in [1.165, 1.54) is 19.3 Å². The van der Waals surface area contributed by atoms with Crippen LogP contribution in [0.4, 0.5) is 0 Å². The van der Waals surface area contributed by atoms with Gasteiger partial charge in [0.1, 0.15) is 17.2 Å². The van der Waals surface area contributed by atoms with E-state index in [2.05, 4.69) is 66.9 Å². The minimum Gasteiger partial charge on any atom is -0.497 e. The fourth-order valence-electron chi connectivity index (χ4n) is 6.12. The molecule has 1 atom stereocenters. The molecule has 1 heterocycles. The average molecular weight is 653 g/mol. The van der Waals surface area contributed by atoms with Gasteiger partial charge >= 0.3 is 0 Å². The number of hydrogen-bond donors (Lipinski definition) is 0. The second-order valence-corrected chi connectivity index (χ2v) is 12.5. The Hall–Kier alpha value is -4.12. The zero-order chi connectivity index (χ0) is 32.2. The molecular weight excluding hydrogens is 613 g/mol. The summed E-state index contributed by atoms with van der Waals surface area (Å²) in [5.41, 5.74) is 6.95. The van der Waals surface area contributed by atoms with E-state index >= 15 is 0 Å². The van der Waals surface area contributed by atoms with Crippen LogP contribution in [-0.4, -0.2) is 25.4 Å². The largest absolute Gasteiger partial charge is 0.497 e. The molecule has 4 nitrogen and oxygen atoms in total. The molecule has 0 bridgehead atoms. The Balaban J connectivity index is 1.48. The predicted molar refractivity (Wildman–Crippen MR) is 194 cm³/mol. The molecule has 236 valence electrons. The van der Waals surface area contributed by atoms with Crippen molar-refractivity contribution >= 4 is 45.0 Å². The highest BCUT2D eigenvalue weighted by molar-refractivity contribution is 6.36. The van der Waals surface area contributed by atoms with Crippen LogP contribution in [0.5, 0.6) is 17.2 Å². The SMILES string of the molecule is CCCCC(CC)COc1ccc(-n2c3cc(Cl)c(-c4ccc(OC)cc4)cc3c3cc(-c4ccc(OC)cc4)c(Cl)cc32)cc1. The number of halogens is 2. The molecule has 0 fully saturated rings. The third-order valence-corrected chi connectivity index (χ3v) is 9.49. The van der Waals surface area contributed by atoms with Gasteiger partial charge in [0.25, 0.3) is 0 Å². The molecule has 0 N–H and O–H groups in total. The topological polar surface area (TPSA) is 32.6 Å². The molecule has 6 aromatic rings. The summed E-state index contributed by atoms with van der Waals surface area (Å²) in [6, 6.07) is 32.8. The number of ether oxygens (including phenoxy) is 3. The second kappa shape index (κ2) is 14.1. The zero-order valence-corrected chi connectivity index (χ0v) is 28.3. The summed E-state index contributed by atoms with van der Waals surface area (Å²) in [6.07, 6.45) is 4.77. The van der Waals surface area contributed by atoms with Crippen LogP contribution in [0, 0.1) is 5.92 Å². The highest BCUT2D eigenvalue weighted by Crippen LogP contribution is 2.42. The molecule has 0 saturated heterocycles. The summed E-state index contributed by atoms with van der Waals surface area (Å²) in [5, 5.41) is 3.50. The molecule has 46 heavy (non-hydrogen) atoms. The van der Waals surface area contributed by atoms with Gasteiger partial charge in [-0.05, 0) is 96.3 Å². The number of benzene rings is 5. The molecular formula is C40H39Cl2NO3. The maximum absolute atomic E-state index is 7.03. The van der Waals surface area contributed by atoms with Gasteiger partial charge in [0.2, 0.25) is 0 Å². The van der Waals surface area contributed by atoms with E-state index in [0.29, 0.717) is 16.0 Å². The monoisotopic (exact) mass is 651 g/mol. The van der Waals surface area contributed by atoms with Crippen molar-refractivity contribution in [2.24, 2.45) is 5.92 Å². The highest BCUT2D eigenvalue weighted by atomic mass is 35.5. The molecule has 0 spiro atoms. The van der Waals surface area contributed by atoms with Crippen LogP contribution in [0.1, 0.15) is 39.5 Å². The lowest BCUT2D eigenvalue weighted by molar-refractivity contribution is 0.233. The minimum absolute atomic E-state index is 0.570. The van der Waals surface area contributed by atoms with Crippen LogP contribution in [0.15, 0.2) is 97.1 Å². The molecule has 0 radical (unpaired) electrons. The summed E-state index contributed by atoms with van der Waals surface area (Å²) < 4.78 is 19.2. The second-order valence-electron chi connectivity index (χ2n) is 11.7. The lowest BCUT2D eigenvalue weighted by atomic mass is 10.00. The third-order valence-electron chi connectivity index (χ3n) is 8.87. The standard InChI is InChI=1S/C40H39Cl2NO3/c1-5-7-8-26(6-2)25-46-32-19-13-29(14-20-32)43-39-23-37(41)33(27-9-15-30(44-3)16-10-27)21-35(39)36-22-34(38(42)24-40(36)43)28-11-17-31(45-4)18-12-28/h9-24,26H,5-8,25H2,1-4H3. The van der Waals surface area contributed by atoms with E-state index < -0.39 is 0 Å². The van der Waals surface area contributed by atoms with Crippen molar-refractivity contribution in [3.8, 4) is 45.2 Å². The smallest absolute Gasteiger partial charge is 0.119 e. The van der Waals surface area contributed by atoms with Crippen LogP contribution in [0.3, 0.4) is 0 Å². The lowest BCUT2D eigenvalue weighted by Crippen LogP contribution is -2.11. The molecule has 6 heteroatoms.